The van der Waals surface area contributed by atoms with Crippen LogP contribution < -0.4 is 10.0 Å². The van der Waals surface area contributed by atoms with Gasteiger partial charge in [0.05, 0.1) is 6.04 Å². The maximum atomic E-state index is 11.3. The normalized spacial score (nSPS) is 19.3. The van der Waals surface area contributed by atoms with Gasteiger partial charge in [-0.1, -0.05) is 19.1 Å². The van der Waals surface area contributed by atoms with Crippen molar-refractivity contribution in [3.05, 3.63) is 24.3 Å². The van der Waals surface area contributed by atoms with E-state index in [9.17, 15) is 4.21 Å². The first-order valence-electron chi connectivity index (χ1n) is 6.95. The molecule has 0 amide bonds. The molecule has 1 aromatic rings. The summed E-state index contributed by atoms with van der Waals surface area (Å²) >= 11 is 0. The van der Waals surface area contributed by atoms with Crippen molar-refractivity contribution >= 4 is 22.4 Å². The number of piperidine rings is 1. The minimum atomic E-state index is -1.02. The second kappa shape index (κ2) is 7.03. The number of quaternary nitrogens is 1. The predicted molar refractivity (Wildman–Crippen MR) is 80.9 cm³/mol. The van der Waals surface area contributed by atoms with Crippen LogP contribution in [0.1, 0.15) is 19.8 Å². The van der Waals surface area contributed by atoms with Gasteiger partial charge in [0.1, 0.15) is 16.7 Å². The van der Waals surface area contributed by atoms with E-state index in [4.69, 9.17) is 0 Å². The summed E-state index contributed by atoms with van der Waals surface area (Å²) in [5.41, 5.74) is 2.15. The van der Waals surface area contributed by atoms with Crippen LogP contribution in [0.3, 0.4) is 0 Å². The third-order valence-corrected chi connectivity index (χ3v) is 4.22. The molecule has 1 aliphatic heterocycles. The number of nitrogens with two attached hydrogens (primary N) is 1. The molecule has 106 valence electrons. The third kappa shape index (κ3) is 4.30. The Morgan fingerprint density at radius 3 is 2.68 bits per heavy atom. The van der Waals surface area contributed by atoms with Crippen molar-refractivity contribution in [2.75, 3.05) is 30.6 Å². The van der Waals surface area contributed by atoms with E-state index in [1.54, 1.807) is 6.26 Å². The Hall–Kier alpha value is -0.910. The van der Waals surface area contributed by atoms with Crippen LogP contribution in [0, 0.1) is 0 Å². The number of benzene rings is 1. The summed E-state index contributed by atoms with van der Waals surface area (Å²) < 4.78 is 14.3. The lowest BCUT2D eigenvalue weighted by molar-refractivity contribution is -0.613. The molecule has 1 heterocycles. The van der Waals surface area contributed by atoms with Crippen LogP contribution in [0.15, 0.2) is 24.3 Å². The molecule has 0 bridgehead atoms. The summed E-state index contributed by atoms with van der Waals surface area (Å²) in [7, 11) is -1.02. The lowest BCUT2D eigenvalue weighted by Gasteiger charge is -2.29. The van der Waals surface area contributed by atoms with Crippen LogP contribution in [0.4, 0.5) is 11.4 Å². The number of likely N-dealkylation sites (tertiary alicyclic amines) is 1. The first-order valence-corrected chi connectivity index (χ1v) is 8.51. The number of anilines is 1. The van der Waals surface area contributed by atoms with Gasteiger partial charge in [0.2, 0.25) is 0 Å². The van der Waals surface area contributed by atoms with E-state index in [2.05, 4.69) is 27.9 Å². The van der Waals surface area contributed by atoms with Gasteiger partial charge in [-0.05, 0) is 12.6 Å². The van der Waals surface area contributed by atoms with E-state index in [1.165, 1.54) is 31.6 Å². The second-order valence-corrected chi connectivity index (χ2v) is 6.19. The molecule has 1 fully saturated rings. The quantitative estimate of drug-likeness (QED) is 0.794. The molecule has 1 saturated heterocycles. The fourth-order valence-electron chi connectivity index (χ4n) is 2.58. The largest absolute Gasteiger partial charge is 0.310 e. The number of nitrogens with one attached hydrogen (secondary N) is 1. The fraction of sp³-hybridized carbons (Fsp3) is 0.571. The zero-order chi connectivity index (χ0) is 13.7. The Morgan fingerprint density at radius 1 is 1.37 bits per heavy atom. The molecule has 4 nitrogen and oxygen atoms in total. The average molecular weight is 282 g/mol. The maximum Gasteiger partial charge on any atom is 0.154 e. The molecule has 2 rings (SSSR count). The maximum absolute atomic E-state index is 11.3. The number of hydrogen-bond acceptors (Lipinski definition) is 2. The van der Waals surface area contributed by atoms with Gasteiger partial charge >= 0.3 is 0 Å². The highest BCUT2D eigenvalue weighted by atomic mass is 32.2. The van der Waals surface area contributed by atoms with Gasteiger partial charge < -0.3 is 14.9 Å². The van der Waals surface area contributed by atoms with Gasteiger partial charge in [-0.3, -0.25) is 0 Å². The number of hydrogen-bond donors (Lipinski definition) is 2. The molecule has 1 unspecified atom stereocenters. The Balaban J connectivity index is 1.97. The molecule has 0 saturated carbocycles. The molecule has 1 atom stereocenters. The first-order chi connectivity index (χ1) is 9.19. The van der Waals surface area contributed by atoms with E-state index < -0.39 is 11.0 Å². The van der Waals surface area contributed by atoms with E-state index in [1.807, 2.05) is 18.2 Å². The van der Waals surface area contributed by atoms with Gasteiger partial charge in [0.25, 0.3) is 0 Å². The summed E-state index contributed by atoms with van der Waals surface area (Å²) in [5, 5.41) is 2.34. The summed E-state index contributed by atoms with van der Waals surface area (Å²) in [6.07, 6.45) is 4.10. The van der Waals surface area contributed by atoms with Crippen molar-refractivity contribution in [3.8, 4) is 0 Å². The predicted octanol–water partition coefficient (Wildman–Crippen LogP) is 1.07. The van der Waals surface area contributed by atoms with Crippen LogP contribution in [0.2, 0.25) is 0 Å². The Kier molecular flexibility index (Phi) is 5.36. The Labute approximate surface area is 118 Å². The molecule has 5 heteroatoms. The molecule has 19 heavy (non-hydrogen) atoms. The molecule has 1 aromatic carbocycles. The Morgan fingerprint density at radius 2 is 2.05 bits per heavy atom. The highest BCUT2D eigenvalue weighted by molar-refractivity contribution is 7.85. The number of para-hydroxylation sites is 2. The van der Waals surface area contributed by atoms with Gasteiger partial charge in [-0.2, -0.15) is 0 Å². The Bertz CT molecular complexity index is 430. The van der Waals surface area contributed by atoms with Gasteiger partial charge in [0.15, 0.2) is 5.69 Å². The lowest BCUT2D eigenvalue weighted by Crippen LogP contribution is -2.85. The monoisotopic (exact) mass is 282 g/mol. The zero-order valence-electron chi connectivity index (χ0n) is 11.8. The van der Waals surface area contributed by atoms with Crippen LogP contribution in [0.5, 0.6) is 0 Å². The molecule has 1 aliphatic rings. The van der Waals surface area contributed by atoms with Crippen LogP contribution >= 0.6 is 0 Å². The zero-order valence-corrected chi connectivity index (χ0v) is 12.6. The highest BCUT2D eigenvalue weighted by Crippen LogP contribution is 2.17. The van der Waals surface area contributed by atoms with E-state index in [-0.39, 0.29) is 0 Å². The van der Waals surface area contributed by atoms with Crippen LogP contribution in [-0.2, 0) is 11.0 Å². The lowest BCUT2D eigenvalue weighted by atomic mass is 10.0. The van der Waals surface area contributed by atoms with Crippen molar-refractivity contribution in [2.24, 2.45) is 0 Å². The van der Waals surface area contributed by atoms with Crippen molar-refractivity contribution in [3.63, 3.8) is 0 Å². The fourth-order valence-corrected chi connectivity index (χ4v) is 3.08. The molecule has 0 aromatic heterocycles. The average Bonchev–Trinajstić information content (AvgIpc) is 2.41. The topological polar surface area (TPSA) is 49.0 Å². The van der Waals surface area contributed by atoms with Crippen molar-refractivity contribution in [1.82, 2.24) is 4.90 Å². The van der Waals surface area contributed by atoms with Crippen molar-refractivity contribution in [1.29, 1.82) is 0 Å². The van der Waals surface area contributed by atoms with E-state index in [0.29, 0.717) is 6.04 Å². The van der Waals surface area contributed by atoms with Crippen LogP contribution in [0.25, 0.3) is 0 Å². The minimum absolute atomic E-state index is 0.635. The van der Waals surface area contributed by atoms with Gasteiger partial charge in [0, 0.05) is 38.3 Å². The summed E-state index contributed by atoms with van der Waals surface area (Å²) in [4.78, 5) is 2.50. The molecular formula is C14H24N3OS+. The third-order valence-electron chi connectivity index (χ3n) is 3.71. The summed E-state index contributed by atoms with van der Waals surface area (Å²) in [6.45, 7) is 5.75. The molecular weight excluding hydrogens is 258 g/mol. The van der Waals surface area contributed by atoms with Crippen LogP contribution in [-0.4, -0.2) is 41.0 Å². The standard InChI is InChI=1S/C14H23N3OS/c1-3-17-10-8-12(9-11-17)15-13-6-4-5-7-14(13)16-19(2)18/h4-7,12,15-16H,3,8-11H2,1-2H3/p+1. The first kappa shape index (κ1) is 14.5. The summed E-state index contributed by atoms with van der Waals surface area (Å²) in [5.74, 6) is 0. The number of rotatable bonds is 5. The molecule has 0 radical (unpaired) electrons. The van der Waals surface area contributed by atoms with Gasteiger partial charge in [-0.25, -0.2) is 4.21 Å². The summed E-state index contributed by atoms with van der Waals surface area (Å²) in [6, 6.07) is 8.75. The van der Waals surface area contributed by atoms with Crippen molar-refractivity contribution in [2.45, 2.75) is 25.8 Å². The van der Waals surface area contributed by atoms with Gasteiger partial charge in [-0.15, -0.1) is 0 Å². The van der Waals surface area contributed by atoms with E-state index >= 15 is 0 Å². The smallest absolute Gasteiger partial charge is 0.154 e. The highest BCUT2D eigenvalue weighted by Gasteiger charge is 2.22. The van der Waals surface area contributed by atoms with Crippen molar-refractivity contribution < 1.29 is 9.53 Å². The minimum Gasteiger partial charge on any atom is -0.310 e. The molecule has 3 N–H and O–H groups in total. The number of nitrogens with zero attached hydrogens (tertiary/aromatic N) is 1. The SMILES string of the molecule is CCN1CCC([NH2+]c2ccccc2NS(C)=O)CC1. The second-order valence-electron chi connectivity index (χ2n) is 5.08. The molecule has 0 spiro atoms. The molecule has 0 aliphatic carbocycles. The van der Waals surface area contributed by atoms with E-state index in [0.717, 1.165) is 12.2 Å².